The third kappa shape index (κ3) is 5.49. The summed E-state index contributed by atoms with van der Waals surface area (Å²) in [4.78, 5) is 18.4. The Morgan fingerprint density at radius 2 is 1.95 bits per heavy atom. The van der Waals surface area contributed by atoms with E-state index in [9.17, 15) is 4.79 Å². The largest absolute Gasteiger partial charge is 0.343 e. The van der Waals surface area contributed by atoms with Gasteiger partial charge >= 0.3 is 0 Å². The number of pyridine rings is 1. The van der Waals surface area contributed by atoms with Gasteiger partial charge in [0.2, 0.25) is 5.91 Å². The monoisotopic (exact) mass is 288 g/mol. The van der Waals surface area contributed by atoms with E-state index in [1.807, 2.05) is 29.4 Å². The van der Waals surface area contributed by atoms with Crippen molar-refractivity contribution in [1.82, 2.24) is 9.88 Å². The highest BCUT2D eigenvalue weighted by molar-refractivity contribution is 5.76. The molecule has 0 radical (unpaired) electrons. The molecule has 1 aliphatic rings. The number of nitrogens with zero attached hydrogens (tertiary/aromatic N) is 2. The zero-order chi connectivity index (χ0) is 14.9. The van der Waals surface area contributed by atoms with Crippen LogP contribution >= 0.6 is 0 Å². The Kier molecular flexibility index (Phi) is 6.71. The van der Waals surface area contributed by atoms with Gasteiger partial charge in [-0.2, -0.15) is 0 Å². The van der Waals surface area contributed by atoms with Gasteiger partial charge in [-0.25, -0.2) is 0 Å². The molecule has 1 aromatic rings. The summed E-state index contributed by atoms with van der Waals surface area (Å²) in [5.41, 5.74) is 1.25. The van der Waals surface area contributed by atoms with Crippen molar-refractivity contribution in [2.75, 3.05) is 13.1 Å². The van der Waals surface area contributed by atoms with Crippen LogP contribution in [0.3, 0.4) is 0 Å². The maximum Gasteiger partial charge on any atom is 0.222 e. The number of carbonyl (C=O) groups excluding carboxylic acids is 1. The molecule has 0 aromatic carbocycles. The predicted molar refractivity (Wildman–Crippen MR) is 86.0 cm³/mol. The topological polar surface area (TPSA) is 33.2 Å². The van der Waals surface area contributed by atoms with E-state index in [4.69, 9.17) is 0 Å². The van der Waals surface area contributed by atoms with Gasteiger partial charge < -0.3 is 4.90 Å². The van der Waals surface area contributed by atoms with Crippen molar-refractivity contribution in [2.24, 2.45) is 5.92 Å². The molecule has 116 valence electrons. The molecule has 1 aromatic heterocycles. The number of carbonyl (C=O) groups is 1. The van der Waals surface area contributed by atoms with Crippen LogP contribution in [0, 0.1) is 5.92 Å². The summed E-state index contributed by atoms with van der Waals surface area (Å²) in [5.74, 6) is 1.12. The number of amides is 1. The van der Waals surface area contributed by atoms with Gasteiger partial charge in [-0.05, 0) is 43.4 Å². The SMILES string of the molecule is CCN(CCc1ccncc1)C(=O)CCC1CCCCC1. The van der Waals surface area contributed by atoms with Crippen molar-refractivity contribution < 1.29 is 4.79 Å². The van der Waals surface area contributed by atoms with Crippen LogP contribution in [0.15, 0.2) is 24.5 Å². The second-order valence-electron chi connectivity index (χ2n) is 6.12. The first-order chi connectivity index (χ1) is 10.3. The third-order valence-corrected chi connectivity index (χ3v) is 4.65. The van der Waals surface area contributed by atoms with E-state index in [0.29, 0.717) is 5.91 Å². The van der Waals surface area contributed by atoms with Crippen LogP contribution in [0.1, 0.15) is 57.4 Å². The summed E-state index contributed by atoms with van der Waals surface area (Å²) in [7, 11) is 0. The molecule has 2 rings (SSSR count). The summed E-state index contributed by atoms with van der Waals surface area (Å²) in [6.07, 6.45) is 13.1. The number of aromatic nitrogens is 1. The lowest BCUT2D eigenvalue weighted by Crippen LogP contribution is -2.33. The summed E-state index contributed by atoms with van der Waals surface area (Å²) in [6.45, 7) is 3.71. The minimum atomic E-state index is 0.331. The first kappa shape index (κ1) is 16.0. The number of likely N-dealkylation sites (N-methyl/N-ethyl adjacent to an activating group) is 1. The molecule has 21 heavy (non-hydrogen) atoms. The molecular weight excluding hydrogens is 260 g/mol. The maximum absolute atomic E-state index is 12.4. The average Bonchev–Trinajstić information content (AvgIpc) is 2.55. The Balaban J connectivity index is 1.73. The molecule has 1 fully saturated rings. The van der Waals surface area contributed by atoms with Gasteiger partial charge in [0.25, 0.3) is 0 Å². The number of rotatable bonds is 7. The smallest absolute Gasteiger partial charge is 0.222 e. The van der Waals surface area contributed by atoms with Crippen LogP contribution in [0.4, 0.5) is 0 Å². The number of hydrogen-bond acceptors (Lipinski definition) is 2. The highest BCUT2D eigenvalue weighted by Crippen LogP contribution is 2.27. The Hall–Kier alpha value is -1.38. The molecule has 3 heteroatoms. The van der Waals surface area contributed by atoms with E-state index in [0.717, 1.165) is 38.3 Å². The molecule has 0 bridgehead atoms. The highest BCUT2D eigenvalue weighted by Gasteiger charge is 2.17. The predicted octanol–water partition coefficient (Wildman–Crippen LogP) is 3.83. The Morgan fingerprint density at radius 3 is 2.62 bits per heavy atom. The minimum Gasteiger partial charge on any atom is -0.343 e. The fourth-order valence-electron chi connectivity index (χ4n) is 3.23. The van der Waals surface area contributed by atoms with Gasteiger partial charge in [0.15, 0.2) is 0 Å². The van der Waals surface area contributed by atoms with E-state index in [2.05, 4.69) is 11.9 Å². The molecule has 0 aliphatic heterocycles. The lowest BCUT2D eigenvalue weighted by atomic mass is 9.86. The quantitative estimate of drug-likeness (QED) is 0.764. The molecule has 0 N–H and O–H groups in total. The second-order valence-corrected chi connectivity index (χ2v) is 6.12. The van der Waals surface area contributed by atoms with Gasteiger partial charge in [-0.3, -0.25) is 9.78 Å². The van der Waals surface area contributed by atoms with Crippen molar-refractivity contribution in [3.8, 4) is 0 Å². The zero-order valence-electron chi connectivity index (χ0n) is 13.3. The average molecular weight is 288 g/mol. The standard InChI is InChI=1S/C18H28N2O/c1-2-20(15-12-17-10-13-19-14-11-17)18(21)9-8-16-6-4-3-5-7-16/h10-11,13-14,16H,2-9,12,15H2,1H3. The van der Waals surface area contributed by atoms with Crippen LogP contribution in [-0.2, 0) is 11.2 Å². The van der Waals surface area contributed by atoms with Crippen LogP contribution in [0.25, 0.3) is 0 Å². The maximum atomic E-state index is 12.4. The van der Waals surface area contributed by atoms with Crippen LogP contribution in [0.2, 0.25) is 0 Å². The third-order valence-electron chi connectivity index (χ3n) is 4.65. The van der Waals surface area contributed by atoms with Gasteiger partial charge in [-0.15, -0.1) is 0 Å². The molecule has 1 amide bonds. The molecule has 0 unspecified atom stereocenters. The molecular formula is C18H28N2O. The van der Waals surface area contributed by atoms with Crippen molar-refractivity contribution in [3.05, 3.63) is 30.1 Å². The fourth-order valence-corrected chi connectivity index (χ4v) is 3.23. The lowest BCUT2D eigenvalue weighted by Gasteiger charge is -2.24. The summed E-state index contributed by atoms with van der Waals surface area (Å²) in [6, 6.07) is 4.06. The van der Waals surface area contributed by atoms with Crippen LogP contribution in [0.5, 0.6) is 0 Å². The van der Waals surface area contributed by atoms with E-state index >= 15 is 0 Å². The normalized spacial score (nSPS) is 15.9. The molecule has 0 atom stereocenters. The van der Waals surface area contributed by atoms with Crippen molar-refractivity contribution in [1.29, 1.82) is 0 Å². The Bertz CT molecular complexity index is 412. The Morgan fingerprint density at radius 1 is 1.24 bits per heavy atom. The summed E-state index contributed by atoms with van der Waals surface area (Å²) in [5, 5.41) is 0. The van der Waals surface area contributed by atoms with E-state index in [1.54, 1.807) is 0 Å². The molecule has 0 spiro atoms. The first-order valence-corrected chi connectivity index (χ1v) is 8.46. The van der Waals surface area contributed by atoms with Crippen molar-refractivity contribution >= 4 is 5.91 Å². The molecule has 1 saturated carbocycles. The highest BCUT2D eigenvalue weighted by atomic mass is 16.2. The van der Waals surface area contributed by atoms with Crippen molar-refractivity contribution in [2.45, 2.75) is 58.3 Å². The van der Waals surface area contributed by atoms with E-state index < -0.39 is 0 Å². The van der Waals surface area contributed by atoms with Crippen molar-refractivity contribution in [3.63, 3.8) is 0 Å². The van der Waals surface area contributed by atoms with Crippen LogP contribution in [-0.4, -0.2) is 28.9 Å². The van der Waals surface area contributed by atoms with Gasteiger partial charge in [0.05, 0.1) is 0 Å². The summed E-state index contributed by atoms with van der Waals surface area (Å²) >= 11 is 0. The Labute approximate surface area is 128 Å². The van der Waals surface area contributed by atoms with Gasteiger partial charge in [-0.1, -0.05) is 32.1 Å². The zero-order valence-corrected chi connectivity index (χ0v) is 13.3. The number of hydrogen-bond donors (Lipinski definition) is 0. The molecule has 1 aliphatic carbocycles. The van der Waals surface area contributed by atoms with E-state index in [-0.39, 0.29) is 0 Å². The van der Waals surface area contributed by atoms with Crippen LogP contribution < -0.4 is 0 Å². The van der Waals surface area contributed by atoms with E-state index in [1.165, 1.54) is 37.7 Å². The summed E-state index contributed by atoms with van der Waals surface area (Å²) < 4.78 is 0. The van der Waals surface area contributed by atoms with Gasteiger partial charge in [0.1, 0.15) is 0 Å². The molecule has 1 heterocycles. The lowest BCUT2D eigenvalue weighted by molar-refractivity contribution is -0.131. The second kappa shape index (κ2) is 8.81. The molecule has 3 nitrogen and oxygen atoms in total. The molecule has 0 saturated heterocycles. The first-order valence-electron chi connectivity index (χ1n) is 8.46. The fraction of sp³-hybridized carbons (Fsp3) is 0.667. The minimum absolute atomic E-state index is 0.331. The van der Waals surface area contributed by atoms with Gasteiger partial charge in [0, 0.05) is 31.9 Å².